The zero-order valence-electron chi connectivity index (χ0n) is 20.4. The molecule has 0 saturated heterocycles. The van der Waals surface area contributed by atoms with Gasteiger partial charge in [-0.3, -0.25) is 19.2 Å². The number of ether oxygens (including phenoxy) is 1. The summed E-state index contributed by atoms with van der Waals surface area (Å²) in [6.45, 7) is 3.32. The molecular weight excluding hydrogens is 451 g/mol. The van der Waals surface area contributed by atoms with Crippen molar-refractivity contribution in [3.05, 3.63) is 0 Å². The van der Waals surface area contributed by atoms with E-state index in [2.05, 4.69) is 6.92 Å². The van der Waals surface area contributed by atoms with Gasteiger partial charge in [0.05, 0.1) is 6.42 Å². The van der Waals surface area contributed by atoms with Gasteiger partial charge in [0.1, 0.15) is 17.2 Å². The van der Waals surface area contributed by atoms with Crippen molar-refractivity contribution < 1.29 is 68.5 Å². The molecule has 1 unspecified atom stereocenters. The Bertz CT molecular complexity index is 901. The Morgan fingerprint density at radius 2 is 1.79 bits per heavy atom. The molecule has 7 atom stereocenters. The Balaban J connectivity index is 0.00000324. The smallest absolute Gasteiger partial charge is 0.550 e. The zero-order valence-corrected chi connectivity index (χ0v) is 22.4. The summed E-state index contributed by atoms with van der Waals surface area (Å²) in [5, 5.41) is 22.0. The maximum absolute atomic E-state index is 13.6. The number of fused-ring (bicyclic) bond motifs is 5. The zero-order chi connectivity index (χ0) is 24.2. The van der Waals surface area contributed by atoms with Crippen LogP contribution in [-0.2, 0) is 28.7 Å². The summed E-state index contributed by atoms with van der Waals surface area (Å²) in [4.78, 5) is 60.9. The van der Waals surface area contributed by atoms with Gasteiger partial charge >= 0.3 is 35.5 Å². The second-order valence-corrected chi connectivity index (χ2v) is 11.2. The number of carbonyl (C=O) groups is 5. The first kappa shape index (κ1) is 27.5. The Labute approximate surface area is 221 Å². The fraction of sp³-hybridized carbons (Fsp3) is 0.800. The normalized spacial score (nSPS) is 40.9. The van der Waals surface area contributed by atoms with Crippen LogP contribution >= 0.6 is 0 Å². The first-order chi connectivity index (χ1) is 15.4. The molecule has 0 aliphatic heterocycles. The van der Waals surface area contributed by atoms with E-state index in [4.69, 9.17) is 4.74 Å². The van der Waals surface area contributed by atoms with Crippen LogP contribution < -0.4 is 34.7 Å². The van der Waals surface area contributed by atoms with Crippen LogP contribution in [0.1, 0.15) is 78.1 Å². The van der Waals surface area contributed by atoms with E-state index >= 15 is 0 Å². The fourth-order valence-electron chi connectivity index (χ4n) is 7.86. The summed E-state index contributed by atoms with van der Waals surface area (Å²) >= 11 is 0. The number of hydrogen-bond donors (Lipinski definition) is 1. The minimum atomic E-state index is -1.77. The van der Waals surface area contributed by atoms with Crippen LogP contribution in [0.2, 0.25) is 0 Å². The van der Waals surface area contributed by atoms with Crippen molar-refractivity contribution in [3.63, 3.8) is 0 Å². The third kappa shape index (κ3) is 4.33. The molecule has 4 rings (SSSR count). The molecule has 4 aliphatic rings. The number of aliphatic hydroxyl groups is 1. The van der Waals surface area contributed by atoms with E-state index in [1.165, 1.54) is 0 Å². The molecule has 182 valence electrons. The Morgan fingerprint density at radius 1 is 1.09 bits per heavy atom. The van der Waals surface area contributed by atoms with E-state index in [1.807, 2.05) is 6.92 Å². The molecule has 4 aliphatic carbocycles. The molecular formula is C25H33NaO8. The number of hydrogen-bond acceptors (Lipinski definition) is 8. The van der Waals surface area contributed by atoms with Crippen molar-refractivity contribution in [1.82, 2.24) is 0 Å². The van der Waals surface area contributed by atoms with Crippen molar-refractivity contribution in [2.45, 2.75) is 83.7 Å². The SMILES string of the molecule is C[C@]12CCC(=O)CC1CC[C@@H]1[C@@H]2C(=O)C[C@@]2(C)[C@H]1CC[C@]2(O)C(=O)COC(=O)CCC(=O)[O-].[Na+]. The van der Waals surface area contributed by atoms with Crippen molar-refractivity contribution in [2.24, 2.45) is 34.5 Å². The molecule has 4 saturated carbocycles. The molecule has 0 aromatic heterocycles. The quantitative estimate of drug-likeness (QED) is 0.343. The summed E-state index contributed by atoms with van der Waals surface area (Å²) in [6.07, 6.45) is 3.48. The molecule has 0 aromatic rings. The Kier molecular flexibility index (Phi) is 7.89. The van der Waals surface area contributed by atoms with Crippen LogP contribution in [0.15, 0.2) is 0 Å². The number of Topliss-reactive ketones (excluding diaryl/α,β-unsaturated/α-hetero) is 3. The molecule has 4 fully saturated rings. The average molecular weight is 485 g/mol. The van der Waals surface area contributed by atoms with Gasteiger partial charge in [-0.2, -0.15) is 0 Å². The molecule has 0 aromatic carbocycles. The third-order valence-corrected chi connectivity index (χ3v) is 9.68. The first-order valence-electron chi connectivity index (χ1n) is 12.1. The number of carboxylic acids is 1. The summed E-state index contributed by atoms with van der Waals surface area (Å²) in [7, 11) is 0. The van der Waals surface area contributed by atoms with Crippen LogP contribution in [0.4, 0.5) is 0 Å². The van der Waals surface area contributed by atoms with Gasteiger partial charge in [-0.15, -0.1) is 0 Å². The summed E-state index contributed by atoms with van der Waals surface area (Å²) in [5.41, 5.74) is -2.92. The van der Waals surface area contributed by atoms with Crippen molar-refractivity contribution >= 4 is 29.3 Å². The fourth-order valence-corrected chi connectivity index (χ4v) is 7.86. The molecule has 1 N–H and O–H groups in total. The first-order valence-corrected chi connectivity index (χ1v) is 12.1. The number of ketones is 3. The maximum atomic E-state index is 13.6. The van der Waals surface area contributed by atoms with Gasteiger partial charge in [0.2, 0.25) is 5.78 Å². The minimum Gasteiger partial charge on any atom is -0.550 e. The van der Waals surface area contributed by atoms with Gasteiger partial charge in [-0.25, -0.2) is 0 Å². The van der Waals surface area contributed by atoms with Gasteiger partial charge < -0.3 is 19.7 Å². The van der Waals surface area contributed by atoms with Gasteiger partial charge in [0.25, 0.3) is 0 Å². The maximum Gasteiger partial charge on any atom is 1.00 e. The number of esters is 1. The standard InChI is InChI=1S/C25H34O8.Na/c1-23-9-7-15(26)11-14(23)3-4-16-17-8-10-25(32,24(17,2)12-18(27)22(16)23)19(28)13-33-21(31)6-5-20(29)30;/h14,16-17,22,32H,3-13H2,1-2H3,(H,29,30);/q;+1/p-1/t14?,16-,17-,22+,23-,24-,25-;/m0./s1. The third-order valence-electron chi connectivity index (χ3n) is 9.68. The Morgan fingerprint density at radius 3 is 2.47 bits per heavy atom. The van der Waals surface area contributed by atoms with Crippen LogP contribution in [0, 0.1) is 34.5 Å². The molecule has 0 heterocycles. The topological polar surface area (TPSA) is 138 Å². The molecule has 0 bridgehead atoms. The van der Waals surface area contributed by atoms with Crippen LogP contribution in [0.5, 0.6) is 0 Å². The Hall–Kier alpha value is -1.09. The van der Waals surface area contributed by atoms with E-state index < -0.39 is 48.2 Å². The van der Waals surface area contributed by atoms with Gasteiger partial charge in [-0.1, -0.05) is 13.8 Å². The predicted molar refractivity (Wildman–Crippen MR) is 112 cm³/mol. The summed E-state index contributed by atoms with van der Waals surface area (Å²) in [5.74, 6) is -2.38. The van der Waals surface area contributed by atoms with E-state index in [0.717, 1.165) is 19.3 Å². The van der Waals surface area contributed by atoms with Crippen LogP contribution in [-0.4, -0.2) is 46.6 Å². The van der Waals surface area contributed by atoms with Gasteiger partial charge in [0, 0.05) is 36.6 Å². The average Bonchev–Trinajstić information content (AvgIpc) is 3.02. The molecule has 0 radical (unpaired) electrons. The molecule has 34 heavy (non-hydrogen) atoms. The number of rotatable bonds is 6. The van der Waals surface area contributed by atoms with Crippen molar-refractivity contribution in [1.29, 1.82) is 0 Å². The van der Waals surface area contributed by atoms with Crippen LogP contribution in [0.3, 0.4) is 0 Å². The number of carboxylic acid groups (broad SMARTS) is 1. The van der Waals surface area contributed by atoms with Gasteiger partial charge in [-0.05, 0) is 61.7 Å². The van der Waals surface area contributed by atoms with E-state index in [1.54, 1.807) is 0 Å². The predicted octanol–water partition coefficient (Wildman–Crippen LogP) is -1.85. The molecule has 0 amide bonds. The number of carbonyl (C=O) groups excluding carboxylic acids is 5. The molecule has 8 nitrogen and oxygen atoms in total. The van der Waals surface area contributed by atoms with E-state index in [9.17, 15) is 34.2 Å². The summed E-state index contributed by atoms with van der Waals surface area (Å²) in [6, 6.07) is 0. The monoisotopic (exact) mass is 484 g/mol. The van der Waals surface area contributed by atoms with E-state index in [-0.39, 0.29) is 83.1 Å². The molecule has 0 spiro atoms. The van der Waals surface area contributed by atoms with Crippen LogP contribution in [0.25, 0.3) is 0 Å². The summed E-state index contributed by atoms with van der Waals surface area (Å²) < 4.78 is 4.93. The minimum absolute atomic E-state index is 0. The molecule has 9 heteroatoms. The van der Waals surface area contributed by atoms with Crippen molar-refractivity contribution in [3.8, 4) is 0 Å². The van der Waals surface area contributed by atoms with Gasteiger partial charge in [0.15, 0.2) is 6.61 Å². The second-order valence-electron chi connectivity index (χ2n) is 11.2. The van der Waals surface area contributed by atoms with E-state index in [0.29, 0.717) is 19.3 Å². The van der Waals surface area contributed by atoms with Crippen molar-refractivity contribution in [2.75, 3.05) is 6.61 Å². The largest absolute Gasteiger partial charge is 1.00 e. The second kappa shape index (κ2) is 9.75. The number of aliphatic carboxylic acids is 1.